The molecule has 0 amide bonds. The molecular weight excluding hydrogens is 272 g/mol. The van der Waals surface area contributed by atoms with Crippen molar-refractivity contribution in [2.75, 3.05) is 12.3 Å². The van der Waals surface area contributed by atoms with Crippen LogP contribution in [-0.2, 0) is 10.0 Å². The molecule has 6 heteroatoms. The van der Waals surface area contributed by atoms with Gasteiger partial charge >= 0.3 is 0 Å². The average Bonchev–Trinajstić information content (AvgIpc) is 2.33. The number of rotatable bonds is 6. The third-order valence-corrected chi connectivity index (χ3v) is 4.75. The van der Waals surface area contributed by atoms with Crippen LogP contribution in [-0.4, -0.2) is 15.0 Å². The summed E-state index contributed by atoms with van der Waals surface area (Å²) >= 11 is 5.82. The molecule has 3 N–H and O–H groups in total. The van der Waals surface area contributed by atoms with Crippen molar-refractivity contribution in [2.45, 2.75) is 31.6 Å². The lowest BCUT2D eigenvalue weighted by molar-refractivity contribution is 0.479. The van der Waals surface area contributed by atoms with Crippen LogP contribution in [0.3, 0.4) is 0 Å². The van der Waals surface area contributed by atoms with Crippen LogP contribution in [0.4, 0.5) is 5.69 Å². The molecule has 102 valence electrons. The molecule has 0 aromatic heterocycles. The molecule has 1 aromatic carbocycles. The first kappa shape index (κ1) is 15.3. The molecule has 1 rings (SSSR count). The first-order chi connectivity index (χ1) is 8.40. The van der Waals surface area contributed by atoms with Gasteiger partial charge in [0.1, 0.15) is 0 Å². The monoisotopic (exact) mass is 290 g/mol. The van der Waals surface area contributed by atoms with E-state index in [2.05, 4.69) is 4.72 Å². The molecular formula is C12H19ClN2O2S. The molecule has 0 fully saturated rings. The zero-order valence-electron chi connectivity index (χ0n) is 10.6. The standard InChI is InChI=1S/C12H19ClN2O2S/c1-3-9(4-2)8-15-18(16,17)10-5-6-12(14)11(13)7-10/h5-7,9,15H,3-4,8,14H2,1-2H3. The van der Waals surface area contributed by atoms with E-state index in [1.54, 1.807) is 0 Å². The van der Waals surface area contributed by atoms with E-state index in [4.69, 9.17) is 17.3 Å². The molecule has 0 saturated heterocycles. The molecule has 0 saturated carbocycles. The highest BCUT2D eigenvalue weighted by Gasteiger charge is 2.16. The number of sulfonamides is 1. The molecule has 4 nitrogen and oxygen atoms in total. The maximum atomic E-state index is 12.0. The lowest BCUT2D eigenvalue weighted by Crippen LogP contribution is -2.29. The number of nitrogens with two attached hydrogens (primary N) is 1. The summed E-state index contributed by atoms with van der Waals surface area (Å²) in [7, 11) is -3.50. The summed E-state index contributed by atoms with van der Waals surface area (Å²) in [6.45, 7) is 4.53. The second-order valence-electron chi connectivity index (χ2n) is 4.22. The molecule has 0 aliphatic rings. The van der Waals surface area contributed by atoms with Crippen molar-refractivity contribution in [3.05, 3.63) is 23.2 Å². The van der Waals surface area contributed by atoms with Gasteiger partial charge < -0.3 is 5.73 Å². The highest BCUT2D eigenvalue weighted by Crippen LogP contribution is 2.22. The molecule has 0 bridgehead atoms. The van der Waals surface area contributed by atoms with Crippen LogP contribution in [0.25, 0.3) is 0 Å². The van der Waals surface area contributed by atoms with Gasteiger partial charge in [-0.2, -0.15) is 0 Å². The van der Waals surface area contributed by atoms with E-state index in [0.717, 1.165) is 12.8 Å². The van der Waals surface area contributed by atoms with Gasteiger partial charge in [-0.1, -0.05) is 38.3 Å². The summed E-state index contributed by atoms with van der Waals surface area (Å²) < 4.78 is 26.6. The van der Waals surface area contributed by atoms with Gasteiger partial charge in [-0.3, -0.25) is 0 Å². The molecule has 0 spiro atoms. The summed E-state index contributed by atoms with van der Waals surface area (Å²) in [6.07, 6.45) is 1.89. The quantitative estimate of drug-likeness (QED) is 0.791. The van der Waals surface area contributed by atoms with Crippen LogP contribution in [0.1, 0.15) is 26.7 Å². The van der Waals surface area contributed by atoms with Gasteiger partial charge in [0.05, 0.1) is 15.6 Å². The minimum Gasteiger partial charge on any atom is -0.398 e. The molecule has 18 heavy (non-hydrogen) atoms. The predicted octanol–water partition coefficient (Wildman–Crippen LogP) is 2.64. The van der Waals surface area contributed by atoms with E-state index in [1.165, 1.54) is 18.2 Å². The number of hydrogen-bond donors (Lipinski definition) is 2. The Morgan fingerprint density at radius 2 is 1.94 bits per heavy atom. The van der Waals surface area contributed by atoms with Crippen LogP contribution in [0.15, 0.2) is 23.1 Å². The van der Waals surface area contributed by atoms with Crippen molar-refractivity contribution in [1.29, 1.82) is 0 Å². The van der Waals surface area contributed by atoms with E-state index < -0.39 is 10.0 Å². The fraction of sp³-hybridized carbons (Fsp3) is 0.500. The van der Waals surface area contributed by atoms with Gasteiger partial charge in [0.2, 0.25) is 10.0 Å². The number of nitrogen functional groups attached to an aromatic ring is 1. The fourth-order valence-electron chi connectivity index (χ4n) is 1.56. The topological polar surface area (TPSA) is 72.2 Å². The van der Waals surface area contributed by atoms with Gasteiger partial charge in [-0.25, -0.2) is 13.1 Å². The molecule has 0 atom stereocenters. The summed E-state index contributed by atoms with van der Waals surface area (Å²) in [5.74, 6) is 0.351. The Morgan fingerprint density at radius 1 is 1.33 bits per heavy atom. The summed E-state index contributed by atoms with van der Waals surface area (Å²) in [6, 6.07) is 4.32. The van der Waals surface area contributed by atoms with Crippen molar-refractivity contribution < 1.29 is 8.42 Å². The van der Waals surface area contributed by atoms with Crippen molar-refractivity contribution in [3.8, 4) is 0 Å². The Hall–Kier alpha value is -0.780. The van der Waals surface area contributed by atoms with E-state index >= 15 is 0 Å². The second-order valence-corrected chi connectivity index (χ2v) is 6.39. The van der Waals surface area contributed by atoms with Crippen LogP contribution in [0.5, 0.6) is 0 Å². The Labute approximate surface area is 114 Å². The maximum absolute atomic E-state index is 12.0. The molecule has 0 aliphatic carbocycles. The van der Waals surface area contributed by atoms with Gasteiger partial charge in [0.25, 0.3) is 0 Å². The summed E-state index contributed by atoms with van der Waals surface area (Å²) in [5.41, 5.74) is 5.92. The van der Waals surface area contributed by atoms with Crippen molar-refractivity contribution in [3.63, 3.8) is 0 Å². The number of nitrogens with one attached hydrogen (secondary N) is 1. The largest absolute Gasteiger partial charge is 0.398 e. The first-order valence-electron chi connectivity index (χ1n) is 5.95. The Kier molecular flexibility index (Phi) is 5.44. The van der Waals surface area contributed by atoms with Crippen molar-refractivity contribution in [1.82, 2.24) is 4.72 Å². The number of halogens is 1. The number of anilines is 1. The average molecular weight is 291 g/mol. The zero-order valence-corrected chi connectivity index (χ0v) is 12.2. The maximum Gasteiger partial charge on any atom is 0.240 e. The summed E-state index contributed by atoms with van der Waals surface area (Å²) in [5, 5.41) is 0.250. The van der Waals surface area contributed by atoms with E-state index in [1.807, 2.05) is 13.8 Å². The SMILES string of the molecule is CCC(CC)CNS(=O)(=O)c1ccc(N)c(Cl)c1. The highest BCUT2D eigenvalue weighted by atomic mass is 35.5. The van der Waals surface area contributed by atoms with Crippen LogP contribution < -0.4 is 10.5 Å². The molecule has 0 heterocycles. The van der Waals surface area contributed by atoms with Crippen LogP contribution in [0.2, 0.25) is 5.02 Å². The zero-order chi connectivity index (χ0) is 13.8. The Morgan fingerprint density at radius 3 is 2.44 bits per heavy atom. The van der Waals surface area contributed by atoms with Crippen molar-refractivity contribution in [2.24, 2.45) is 5.92 Å². The minimum absolute atomic E-state index is 0.146. The molecule has 0 unspecified atom stereocenters. The minimum atomic E-state index is -3.50. The third-order valence-electron chi connectivity index (χ3n) is 3.00. The normalized spacial score (nSPS) is 12.0. The second kappa shape index (κ2) is 6.41. The van der Waals surface area contributed by atoms with E-state index in [0.29, 0.717) is 18.2 Å². The van der Waals surface area contributed by atoms with Crippen LogP contribution in [0, 0.1) is 5.92 Å². The molecule has 0 radical (unpaired) electrons. The number of hydrogen-bond acceptors (Lipinski definition) is 3. The fourth-order valence-corrected chi connectivity index (χ4v) is 2.95. The van der Waals surface area contributed by atoms with Gasteiger partial charge in [-0.15, -0.1) is 0 Å². The summed E-state index contributed by atoms with van der Waals surface area (Å²) in [4.78, 5) is 0.146. The Balaban J connectivity index is 2.83. The van der Waals surface area contributed by atoms with Crippen LogP contribution >= 0.6 is 11.6 Å². The van der Waals surface area contributed by atoms with Crippen molar-refractivity contribution >= 4 is 27.3 Å². The molecule has 1 aromatic rings. The first-order valence-corrected chi connectivity index (χ1v) is 7.81. The van der Waals surface area contributed by atoms with E-state index in [-0.39, 0.29) is 9.92 Å². The lowest BCUT2D eigenvalue weighted by atomic mass is 10.0. The van der Waals surface area contributed by atoms with Gasteiger partial charge in [0.15, 0.2) is 0 Å². The molecule has 0 aliphatic heterocycles. The van der Waals surface area contributed by atoms with Gasteiger partial charge in [0, 0.05) is 6.54 Å². The highest BCUT2D eigenvalue weighted by molar-refractivity contribution is 7.89. The Bertz CT molecular complexity index is 499. The number of benzene rings is 1. The lowest BCUT2D eigenvalue weighted by Gasteiger charge is -2.13. The van der Waals surface area contributed by atoms with E-state index in [9.17, 15) is 8.42 Å². The smallest absolute Gasteiger partial charge is 0.240 e. The third kappa shape index (κ3) is 3.86. The predicted molar refractivity (Wildman–Crippen MR) is 75.1 cm³/mol. The van der Waals surface area contributed by atoms with Gasteiger partial charge in [-0.05, 0) is 24.1 Å².